The lowest BCUT2D eigenvalue weighted by Crippen LogP contribution is -2.52. The van der Waals surface area contributed by atoms with Crippen molar-refractivity contribution in [3.8, 4) is 0 Å². The van der Waals surface area contributed by atoms with Gasteiger partial charge in [-0.05, 0) is 50.2 Å². The van der Waals surface area contributed by atoms with Crippen molar-refractivity contribution >= 4 is 11.8 Å². The van der Waals surface area contributed by atoms with E-state index in [1.54, 1.807) is 0 Å². The average molecular weight is 349 g/mol. The quantitative estimate of drug-likeness (QED) is 0.788. The second-order valence-corrected chi connectivity index (χ2v) is 7.45. The van der Waals surface area contributed by atoms with Crippen LogP contribution in [0.5, 0.6) is 0 Å². The summed E-state index contributed by atoms with van der Waals surface area (Å²) in [5.41, 5.74) is 0. The molecule has 1 fully saturated rings. The van der Waals surface area contributed by atoms with Crippen molar-refractivity contribution < 1.29 is 14.7 Å². The number of nitrogens with zero attached hydrogens (tertiary/aromatic N) is 2. The summed E-state index contributed by atoms with van der Waals surface area (Å²) in [6.45, 7) is 7.44. The predicted molar refractivity (Wildman–Crippen MR) is 96.9 cm³/mol. The SMILES string of the molecule is CC(C)CC(NC(=O)C(C)n1cccc1)C(=O)N1CCC(CO)CC1. The number of aromatic nitrogens is 1. The lowest BCUT2D eigenvalue weighted by atomic mass is 9.96. The predicted octanol–water partition coefficient (Wildman–Crippen LogP) is 1.81. The first-order chi connectivity index (χ1) is 11.9. The molecule has 2 rings (SSSR count). The number of carbonyl (C=O) groups is 2. The molecule has 2 N–H and O–H groups in total. The Labute approximate surface area is 150 Å². The van der Waals surface area contributed by atoms with Gasteiger partial charge in [0.25, 0.3) is 0 Å². The molecule has 0 aromatic carbocycles. The molecule has 0 aliphatic carbocycles. The van der Waals surface area contributed by atoms with Crippen molar-refractivity contribution in [1.82, 2.24) is 14.8 Å². The molecule has 2 heterocycles. The molecule has 0 bridgehead atoms. The summed E-state index contributed by atoms with van der Waals surface area (Å²) in [5, 5.41) is 12.2. The molecule has 1 aromatic rings. The van der Waals surface area contributed by atoms with Crippen LogP contribution in [0.3, 0.4) is 0 Å². The third-order valence-electron chi connectivity index (χ3n) is 4.96. The molecule has 2 amide bonds. The van der Waals surface area contributed by atoms with Gasteiger partial charge in [-0.25, -0.2) is 0 Å². The van der Waals surface area contributed by atoms with Crippen LogP contribution in [0.15, 0.2) is 24.5 Å². The van der Waals surface area contributed by atoms with E-state index in [2.05, 4.69) is 19.2 Å². The van der Waals surface area contributed by atoms with Gasteiger partial charge in [0.1, 0.15) is 12.1 Å². The highest BCUT2D eigenvalue weighted by Crippen LogP contribution is 2.19. The Morgan fingerprint density at radius 2 is 1.76 bits per heavy atom. The molecule has 140 valence electrons. The Balaban J connectivity index is 2.00. The fraction of sp³-hybridized carbons (Fsp3) is 0.684. The zero-order valence-corrected chi connectivity index (χ0v) is 15.5. The molecular weight excluding hydrogens is 318 g/mol. The van der Waals surface area contributed by atoms with Crippen LogP contribution in [0.2, 0.25) is 0 Å². The minimum absolute atomic E-state index is 0.00172. The number of carbonyl (C=O) groups excluding carboxylic acids is 2. The van der Waals surface area contributed by atoms with Gasteiger partial charge in [-0.15, -0.1) is 0 Å². The normalized spacial score (nSPS) is 18.2. The summed E-state index contributed by atoms with van der Waals surface area (Å²) < 4.78 is 1.83. The van der Waals surface area contributed by atoms with Gasteiger partial charge in [0.05, 0.1) is 0 Å². The van der Waals surface area contributed by atoms with Crippen LogP contribution in [-0.4, -0.2) is 52.1 Å². The number of piperidine rings is 1. The zero-order valence-electron chi connectivity index (χ0n) is 15.5. The second kappa shape index (κ2) is 9.04. The molecular formula is C19H31N3O3. The first kappa shape index (κ1) is 19.5. The van der Waals surface area contributed by atoms with Crippen molar-refractivity contribution in [2.75, 3.05) is 19.7 Å². The number of nitrogens with one attached hydrogen (secondary N) is 1. The number of hydrogen-bond donors (Lipinski definition) is 2. The third-order valence-corrected chi connectivity index (χ3v) is 4.96. The van der Waals surface area contributed by atoms with Crippen LogP contribution in [-0.2, 0) is 9.59 Å². The average Bonchev–Trinajstić information content (AvgIpc) is 3.14. The van der Waals surface area contributed by atoms with Gasteiger partial charge >= 0.3 is 0 Å². The number of amides is 2. The Hall–Kier alpha value is -1.82. The molecule has 6 nitrogen and oxygen atoms in total. The summed E-state index contributed by atoms with van der Waals surface area (Å²) in [6, 6.07) is 2.92. The van der Waals surface area contributed by atoms with E-state index >= 15 is 0 Å². The highest BCUT2D eigenvalue weighted by molar-refractivity contribution is 5.89. The van der Waals surface area contributed by atoms with E-state index < -0.39 is 6.04 Å². The summed E-state index contributed by atoms with van der Waals surface area (Å²) in [6.07, 6.45) is 5.98. The van der Waals surface area contributed by atoms with Crippen LogP contribution >= 0.6 is 0 Å². The first-order valence-corrected chi connectivity index (χ1v) is 9.24. The third kappa shape index (κ3) is 5.33. The van der Waals surface area contributed by atoms with Crippen molar-refractivity contribution in [3.05, 3.63) is 24.5 Å². The highest BCUT2D eigenvalue weighted by atomic mass is 16.3. The molecule has 1 aliphatic rings. The van der Waals surface area contributed by atoms with Gasteiger partial charge in [0, 0.05) is 32.1 Å². The van der Waals surface area contributed by atoms with Gasteiger partial charge in [-0.3, -0.25) is 9.59 Å². The summed E-state index contributed by atoms with van der Waals surface area (Å²) in [5.74, 6) is 0.459. The molecule has 6 heteroatoms. The lowest BCUT2D eigenvalue weighted by molar-refractivity contribution is -0.138. The van der Waals surface area contributed by atoms with Crippen LogP contribution in [0.1, 0.15) is 46.1 Å². The lowest BCUT2D eigenvalue weighted by Gasteiger charge is -2.34. The number of likely N-dealkylation sites (tertiary alicyclic amines) is 1. The molecule has 2 atom stereocenters. The Morgan fingerprint density at radius 1 is 1.16 bits per heavy atom. The maximum atomic E-state index is 12.9. The number of rotatable bonds is 7. The Morgan fingerprint density at radius 3 is 2.28 bits per heavy atom. The van der Waals surface area contributed by atoms with E-state index in [0.717, 1.165) is 12.8 Å². The van der Waals surface area contributed by atoms with Gasteiger partial charge in [-0.2, -0.15) is 0 Å². The van der Waals surface area contributed by atoms with Crippen LogP contribution in [0.25, 0.3) is 0 Å². The standard InChI is InChI=1S/C19H31N3O3/c1-14(2)12-17(19(25)22-10-6-16(13-23)7-11-22)20-18(24)15(3)21-8-4-5-9-21/h4-5,8-9,14-17,23H,6-7,10-13H2,1-3H3,(H,20,24). The fourth-order valence-corrected chi connectivity index (χ4v) is 3.28. The topological polar surface area (TPSA) is 74.6 Å². The van der Waals surface area contributed by atoms with E-state index in [-0.39, 0.29) is 30.4 Å². The molecule has 1 aliphatic heterocycles. The molecule has 0 saturated carbocycles. The van der Waals surface area contributed by atoms with Gasteiger partial charge in [-0.1, -0.05) is 13.8 Å². The number of aliphatic hydroxyl groups excluding tert-OH is 1. The molecule has 0 radical (unpaired) electrons. The van der Waals surface area contributed by atoms with Crippen LogP contribution < -0.4 is 5.32 Å². The van der Waals surface area contributed by atoms with Crippen molar-refractivity contribution in [1.29, 1.82) is 0 Å². The Kier molecular flexibility index (Phi) is 7.05. The van der Waals surface area contributed by atoms with Crippen LogP contribution in [0, 0.1) is 11.8 Å². The molecule has 1 aromatic heterocycles. The van der Waals surface area contributed by atoms with Gasteiger partial charge in [0.15, 0.2) is 0 Å². The van der Waals surface area contributed by atoms with E-state index in [0.29, 0.717) is 25.4 Å². The summed E-state index contributed by atoms with van der Waals surface area (Å²) in [7, 11) is 0. The largest absolute Gasteiger partial charge is 0.396 e. The molecule has 25 heavy (non-hydrogen) atoms. The fourth-order valence-electron chi connectivity index (χ4n) is 3.28. The monoisotopic (exact) mass is 349 g/mol. The molecule has 2 unspecified atom stereocenters. The van der Waals surface area contributed by atoms with Gasteiger partial charge in [0.2, 0.25) is 11.8 Å². The maximum Gasteiger partial charge on any atom is 0.245 e. The maximum absolute atomic E-state index is 12.9. The van der Waals surface area contributed by atoms with E-state index in [9.17, 15) is 14.7 Å². The Bertz CT molecular complexity index is 548. The van der Waals surface area contributed by atoms with Crippen molar-refractivity contribution in [2.24, 2.45) is 11.8 Å². The van der Waals surface area contributed by atoms with Crippen molar-refractivity contribution in [3.63, 3.8) is 0 Å². The van der Waals surface area contributed by atoms with E-state index in [4.69, 9.17) is 0 Å². The smallest absolute Gasteiger partial charge is 0.245 e. The van der Waals surface area contributed by atoms with Crippen LogP contribution in [0.4, 0.5) is 0 Å². The number of hydrogen-bond acceptors (Lipinski definition) is 3. The molecule has 0 spiro atoms. The summed E-state index contributed by atoms with van der Waals surface area (Å²) in [4.78, 5) is 27.3. The van der Waals surface area contributed by atoms with E-state index in [1.807, 2.05) is 40.9 Å². The summed E-state index contributed by atoms with van der Waals surface area (Å²) >= 11 is 0. The minimum atomic E-state index is -0.490. The minimum Gasteiger partial charge on any atom is -0.396 e. The molecule has 1 saturated heterocycles. The number of aliphatic hydroxyl groups is 1. The van der Waals surface area contributed by atoms with Crippen molar-refractivity contribution in [2.45, 2.75) is 52.1 Å². The highest BCUT2D eigenvalue weighted by Gasteiger charge is 2.30. The van der Waals surface area contributed by atoms with Gasteiger partial charge < -0.3 is 19.9 Å². The van der Waals surface area contributed by atoms with E-state index in [1.165, 1.54) is 0 Å². The zero-order chi connectivity index (χ0) is 18.4. The first-order valence-electron chi connectivity index (χ1n) is 9.24. The second-order valence-electron chi connectivity index (χ2n) is 7.45.